The lowest BCUT2D eigenvalue weighted by Crippen LogP contribution is -2.25. The summed E-state index contributed by atoms with van der Waals surface area (Å²) in [7, 11) is 0. The Labute approximate surface area is 148 Å². The van der Waals surface area contributed by atoms with Crippen molar-refractivity contribution in [1.29, 1.82) is 0 Å². The first kappa shape index (κ1) is 17.3. The Morgan fingerprint density at radius 3 is 2.80 bits per heavy atom. The Bertz CT molecular complexity index is 785. The van der Waals surface area contributed by atoms with Crippen LogP contribution in [0.25, 0.3) is 11.3 Å². The first-order chi connectivity index (χ1) is 12.3. The molecule has 5 heteroatoms. The fraction of sp³-hybridized carbons (Fsp3) is 0.300. The number of aliphatic hydroxyl groups excluding tert-OH is 1. The number of H-pyrrole nitrogens is 1. The molecular formula is C20H24N4O. The predicted octanol–water partition coefficient (Wildman–Crippen LogP) is 3.16. The molecule has 130 valence electrons. The van der Waals surface area contributed by atoms with Crippen LogP contribution in [0.15, 0.2) is 54.9 Å². The molecule has 3 aromatic rings. The van der Waals surface area contributed by atoms with Gasteiger partial charge in [-0.2, -0.15) is 5.10 Å². The van der Waals surface area contributed by atoms with Gasteiger partial charge in [0.1, 0.15) is 0 Å². The van der Waals surface area contributed by atoms with Gasteiger partial charge in [0, 0.05) is 43.6 Å². The maximum absolute atomic E-state index is 9.21. The van der Waals surface area contributed by atoms with E-state index in [2.05, 4.69) is 51.3 Å². The number of aliphatic hydroxyl groups is 1. The molecule has 0 spiro atoms. The van der Waals surface area contributed by atoms with Crippen LogP contribution in [0.4, 0.5) is 0 Å². The summed E-state index contributed by atoms with van der Waals surface area (Å²) in [6.07, 6.45) is 4.45. The Hall–Kier alpha value is -2.50. The number of benzene rings is 1. The van der Waals surface area contributed by atoms with Gasteiger partial charge in [-0.1, -0.05) is 29.8 Å². The van der Waals surface area contributed by atoms with Gasteiger partial charge < -0.3 is 5.11 Å². The summed E-state index contributed by atoms with van der Waals surface area (Å²) in [6.45, 7) is 4.60. The van der Waals surface area contributed by atoms with E-state index >= 15 is 0 Å². The van der Waals surface area contributed by atoms with E-state index in [-0.39, 0.29) is 6.61 Å². The van der Waals surface area contributed by atoms with Crippen LogP contribution >= 0.6 is 0 Å². The van der Waals surface area contributed by atoms with Gasteiger partial charge in [-0.25, -0.2) is 0 Å². The van der Waals surface area contributed by atoms with Crippen LogP contribution < -0.4 is 0 Å². The largest absolute Gasteiger partial charge is 0.396 e. The number of aromatic amines is 1. The molecule has 0 bridgehead atoms. The fourth-order valence-electron chi connectivity index (χ4n) is 2.95. The lowest BCUT2D eigenvalue weighted by molar-refractivity contribution is 0.211. The van der Waals surface area contributed by atoms with Crippen molar-refractivity contribution in [3.8, 4) is 11.3 Å². The minimum atomic E-state index is 0.189. The van der Waals surface area contributed by atoms with Crippen molar-refractivity contribution in [2.45, 2.75) is 26.4 Å². The number of aromatic nitrogens is 3. The van der Waals surface area contributed by atoms with E-state index < -0.39 is 0 Å². The molecule has 0 aliphatic carbocycles. The third kappa shape index (κ3) is 4.75. The average Bonchev–Trinajstić information content (AvgIpc) is 3.09. The third-order valence-corrected chi connectivity index (χ3v) is 4.16. The molecule has 0 fully saturated rings. The van der Waals surface area contributed by atoms with Crippen molar-refractivity contribution in [2.75, 3.05) is 13.2 Å². The summed E-state index contributed by atoms with van der Waals surface area (Å²) in [5.41, 5.74) is 5.61. The molecule has 1 aromatic carbocycles. The first-order valence-corrected chi connectivity index (χ1v) is 8.58. The van der Waals surface area contributed by atoms with Gasteiger partial charge in [-0.05, 0) is 31.5 Å². The van der Waals surface area contributed by atoms with Gasteiger partial charge in [0.05, 0.1) is 17.6 Å². The van der Waals surface area contributed by atoms with E-state index in [0.29, 0.717) is 0 Å². The highest BCUT2D eigenvalue weighted by atomic mass is 16.3. The number of nitrogens with one attached hydrogen (secondary N) is 1. The summed E-state index contributed by atoms with van der Waals surface area (Å²) < 4.78 is 0. The van der Waals surface area contributed by atoms with Crippen molar-refractivity contribution in [3.63, 3.8) is 0 Å². The van der Waals surface area contributed by atoms with Gasteiger partial charge in [0.2, 0.25) is 0 Å². The second-order valence-electron chi connectivity index (χ2n) is 6.25. The van der Waals surface area contributed by atoms with Crippen LogP contribution in [0.1, 0.15) is 23.2 Å². The molecule has 0 aliphatic heterocycles. The van der Waals surface area contributed by atoms with Gasteiger partial charge >= 0.3 is 0 Å². The molecule has 0 unspecified atom stereocenters. The Morgan fingerprint density at radius 2 is 2.04 bits per heavy atom. The Kier molecular flexibility index (Phi) is 5.93. The number of nitrogens with zero attached hydrogens (tertiary/aromatic N) is 3. The van der Waals surface area contributed by atoms with Crippen molar-refractivity contribution in [2.24, 2.45) is 0 Å². The first-order valence-electron chi connectivity index (χ1n) is 8.58. The van der Waals surface area contributed by atoms with Crippen LogP contribution in [0.5, 0.6) is 0 Å². The van der Waals surface area contributed by atoms with E-state index in [0.717, 1.165) is 48.6 Å². The molecule has 2 N–H and O–H groups in total. The molecule has 2 heterocycles. The van der Waals surface area contributed by atoms with Crippen molar-refractivity contribution in [1.82, 2.24) is 20.1 Å². The molecule has 3 rings (SSSR count). The Balaban J connectivity index is 1.79. The predicted molar refractivity (Wildman–Crippen MR) is 98.8 cm³/mol. The van der Waals surface area contributed by atoms with Crippen molar-refractivity contribution >= 4 is 0 Å². The number of aryl methyl sites for hydroxylation is 1. The van der Waals surface area contributed by atoms with Crippen LogP contribution in [0.2, 0.25) is 0 Å². The van der Waals surface area contributed by atoms with Crippen LogP contribution in [-0.4, -0.2) is 38.3 Å². The van der Waals surface area contributed by atoms with Gasteiger partial charge in [0.25, 0.3) is 0 Å². The maximum Gasteiger partial charge on any atom is 0.0695 e. The van der Waals surface area contributed by atoms with E-state index in [9.17, 15) is 5.11 Å². The molecule has 5 nitrogen and oxygen atoms in total. The van der Waals surface area contributed by atoms with Crippen molar-refractivity contribution in [3.05, 3.63) is 71.7 Å². The summed E-state index contributed by atoms with van der Waals surface area (Å²) in [5, 5.41) is 16.6. The molecule has 25 heavy (non-hydrogen) atoms. The van der Waals surface area contributed by atoms with Crippen LogP contribution in [0.3, 0.4) is 0 Å². The zero-order valence-corrected chi connectivity index (χ0v) is 14.5. The topological polar surface area (TPSA) is 65.0 Å². The lowest BCUT2D eigenvalue weighted by Gasteiger charge is -2.21. The minimum absolute atomic E-state index is 0.189. The summed E-state index contributed by atoms with van der Waals surface area (Å²) >= 11 is 0. The van der Waals surface area contributed by atoms with Gasteiger partial charge in [0.15, 0.2) is 0 Å². The summed E-state index contributed by atoms with van der Waals surface area (Å²) in [5.74, 6) is 0. The van der Waals surface area contributed by atoms with E-state index in [1.165, 1.54) is 5.56 Å². The molecule has 0 aliphatic rings. The zero-order valence-electron chi connectivity index (χ0n) is 14.5. The van der Waals surface area contributed by atoms with Crippen LogP contribution in [-0.2, 0) is 13.1 Å². The fourth-order valence-corrected chi connectivity index (χ4v) is 2.95. The molecule has 0 saturated heterocycles. The van der Waals surface area contributed by atoms with E-state index in [1.54, 1.807) is 0 Å². The normalized spacial score (nSPS) is 11.2. The molecule has 0 radical (unpaired) electrons. The highest BCUT2D eigenvalue weighted by molar-refractivity contribution is 5.63. The molecule has 2 aromatic heterocycles. The number of hydrogen-bond acceptors (Lipinski definition) is 4. The van der Waals surface area contributed by atoms with Gasteiger partial charge in [-0.3, -0.25) is 15.0 Å². The Morgan fingerprint density at radius 1 is 1.12 bits per heavy atom. The van der Waals surface area contributed by atoms with E-state index in [1.807, 2.05) is 30.6 Å². The smallest absolute Gasteiger partial charge is 0.0695 e. The monoisotopic (exact) mass is 336 g/mol. The summed E-state index contributed by atoms with van der Waals surface area (Å²) in [6, 6.07) is 14.4. The quantitative estimate of drug-likeness (QED) is 0.663. The third-order valence-electron chi connectivity index (χ3n) is 4.16. The molecule has 0 atom stereocenters. The highest BCUT2D eigenvalue weighted by Gasteiger charge is 2.13. The second-order valence-corrected chi connectivity index (χ2v) is 6.25. The molecule has 0 saturated carbocycles. The minimum Gasteiger partial charge on any atom is -0.396 e. The SMILES string of the molecule is Cc1cccc(-c2[nH]ncc2CN(CCCO)Cc2ccccn2)c1. The number of hydrogen-bond donors (Lipinski definition) is 2. The standard InChI is InChI=1S/C20H24N4O/c1-16-6-4-7-17(12-16)20-18(13-22-23-20)14-24(10-5-11-25)15-19-8-2-3-9-21-19/h2-4,6-9,12-13,25H,5,10-11,14-15H2,1H3,(H,22,23). The number of pyridine rings is 1. The van der Waals surface area contributed by atoms with Crippen LogP contribution in [0, 0.1) is 6.92 Å². The van der Waals surface area contributed by atoms with Gasteiger partial charge in [-0.15, -0.1) is 0 Å². The second kappa shape index (κ2) is 8.55. The average molecular weight is 336 g/mol. The number of rotatable bonds is 8. The highest BCUT2D eigenvalue weighted by Crippen LogP contribution is 2.23. The zero-order chi connectivity index (χ0) is 17.5. The molecular weight excluding hydrogens is 312 g/mol. The molecule has 0 amide bonds. The maximum atomic E-state index is 9.21. The van der Waals surface area contributed by atoms with Crippen molar-refractivity contribution < 1.29 is 5.11 Å². The summed E-state index contributed by atoms with van der Waals surface area (Å²) in [4.78, 5) is 6.71. The lowest BCUT2D eigenvalue weighted by atomic mass is 10.1. The van der Waals surface area contributed by atoms with E-state index in [4.69, 9.17) is 0 Å².